The van der Waals surface area contributed by atoms with E-state index in [1.54, 1.807) is 0 Å². The highest BCUT2D eigenvalue weighted by atomic mass is 35.5. The first-order valence-corrected chi connectivity index (χ1v) is 10.6. The van der Waals surface area contributed by atoms with Gasteiger partial charge in [0.05, 0.1) is 5.69 Å². The number of primary amides is 1. The van der Waals surface area contributed by atoms with Gasteiger partial charge in [0, 0.05) is 29.5 Å². The lowest BCUT2D eigenvalue weighted by molar-refractivity contribution is 0.100. The number of halogens is 1. The Morgan fingerprint density at radius 3 is 2.69 bits per heavy atom. The van der Waals surface area contributed by atoms with Crippen molar-refractivity contribution in [3.8, 4) is 0 Å². The van der Waals surface area contributed by atoms with Crippen molar-refractivity contribution in [2.75, 3.05) is 23.7 Å². The molecule has 1 amide bonds. The number of amides is 1. The van der Waals surface area contributed by atoms with Gasteiger partial charge < -0.3 is 22.1 Å². The van der Waals surface area contributed by atoms with Crippen LogP contribution in [0.3, 0.4) is 0 Å². The van der Waals surface area contributed by atoms with E-state index >= 15 is 0 Å². The van der Waals surface area contributed by atoms with Crippen LogP contribution in [0.5, 0.6) is 0 Å². The second kappa shape index (κ2) is 8.02. The lowest BCUT2D eigenvalue weighted by Gasteiger charge is -2.31. The van der Waals surface area contributed by atoms with Gasteiger partial charge in [-0.15, -0.1) is 11.3 Å². The highest BCUT2D eigenvalue weighted by Gasteiger charge is 2.22. The number of aromatic nitrogens is 1. The molecule has 0 saturated carbocycles. The number of carbonyl (C=O) groups is 1. The molecular formula is C21H22ClN5OS. The van der Waals surface area contributed by atoms with E-state index in [0.717, 1.165) is 48.3 Å². The Labute approximate surface area is 177 Å². The highest BCUT2D eigenvalue weighted by molar-refractivity contribution is 7.21. The summed E-state index contributed by atoms with van der Waals surface area (Å²) in [5.41, 5.74) is 20.1. The highest BCUT2D eigenvalue weighted by Crippen LogP contribution is 2.37. The Morgan fingerprint density at radius 2 is 2.00 bits per heavy atom. The lowest BCUT2D eigenvalue weighted by Crippen LogP contribution is -2.40. The third-order valence-corrected chi connectivity index (χ3v) is 6.46. The molecule has 6 nitrogen and oxygen atoms in total. The molecule has 0 radical (unpaired) electrons. The van der Waals surface area contributed by atoms with Crippen LogP contribution in [0.1, 0.15) is 33.6 Å². The minimum Gasteiger partial charge on any atom is -0.397 e. The van der Waals surface area contributed by atoms with Crippen LogP contribution in [0.4, 0.5) is 11.5 Å². The maximum absolute atomic E-state index is 11.8. The van der Waals surface area contributed by atoms with E-state index in [4.69, 9.17) is 33.8 Å². The van der Waals surface area contributed by atoms with E-state index in [2.05, 4.69) is 4.90 Å². The number of nitrogen functional groups attached to an aromatic ring is 1. The summed E-state index contributed by atoms with van der Waals surface area (Å²) in [4.78, 5) is 19.8. The minimum atomic E-state index is -0.541. The molecule has 0 bridgehead atoms. The predicted molar refractivity (Wildman–Crippen MR) is 122 cm³/mol. The van der Waals surface area contributed by atoms with Gasteiger partial charge in [0.2, 0.25) is 0 Å². The largest absolute Gasteiger partial charge is 0.397 e. The third kappa shape index (κ3) is 4.07. The molecule has 3 heterocycles. The Kier molecular flexibility index (Phi) is 5.45. The average molecular weight is 428 g/mol. The zero-order chi connectivity index (χ0) is 20.5. The van der Waals surface area contributed by atoms with Gasteiger partial charge in [0.15, 0.2) is 0 Å². The zero-order valence-electron chi connectivity index (χ0n) is 15.8. The molecule has 29 heavy (non-hydrogen) atoms. The Balaban J connectivity index is 1.82. The summed E-state index contributed by atoms with van der Waals surface area (Å²) in [6, 6.07) is 9.83. The number of hydrogen-bond acceptors (Lipinski definition) is 6. The van der Waals surface area contributed by atoms with Crippen molar-refractivity contribution >= 4 is 62.7 Å². The standard InChI is InChI=1S/C21H22ClN5OS/c22-14-3-1-2-12(10-14)4-5-13-11-16(27-8-6-15(23)7-9-27)26-21-17(13)18(24)19(29-21)20(25)28/h1-5,10-11,15H,6-9,23-24H2,(H2,25,28). The van der Waals surface area contributed by atoms with Gasteiger partial charge in [-0.1, -0.05) is 35.9 Å². The van der Waals surface area contributed by atoms with Crippen LogP contribution in [0.2, 0.25) is 5.02 Å². The van der Waals surface area contributed by atoms with E-state index in [-0.39, 0.29) is 6.04 Å². The summed E-state index contributed by atoms with van der Waals surface area (Å²) in [5.74, 6) is 0.313. The van der Waals surface area contributed by atoms with Gasteiger partial charge in [-0.25, -0.2) is 4.98 Å². The lowest BCUT2D eigenvalue weighted by atomic mass is 10.0. The molecule has 0 spiro atoms. The maximum atomic E-state index is 11.8. The normalized spacial score (nSPS) is 15.4. The number of nitrogens with two attached hydrogens (primary N) is 3. The topological polar surface area (TPSA) is 111 Å². The van der Waals surface area contributed by atoms with Gasteiger partial charge in [0.25, 0.3) is 5.91 Å². The number of benzene rings is 1. The van der Waals surface area contributed by atoms with Crippen LogP contribution in [0, 0.1) is 0 Å². The number of thiophene rings is 1. The first-order valence-electron chi connectivity index (χ1n) is 9.39. The molecule has 1 aliphatic heterocycles. The van der Waals surface area contributed by atoms with E-state index in [1.807, 2.05) is 42.5 Å². The van der Waals surface area contributed by atoms with Crippen molar-refractivity contribution in [3.05, 3.63) is 51.4 Å². The number of anilines is 2. The predicted octanol–water partition coefficient (Wildman–Crippen LogP) is 3.73. The molecule has 0 aliphatic carbocycles. The SMILES string of the molecule is NC(=O)c1sc2nc(N3CCC(N)CC3)cc(C=Cc3cccc(Cl)c3)c2c1N. The number of carbonyl (C=O) groups excluding carboxylic acids is 1. The number of rotatable bonds is 4. The number of fused-ring (bicyclic) bond motifs is 1. The van der Waals surface area contributed by atoms with Gasteiger partial charge >= 0.3 is 0 Å². The van der Waals surface area contributed by atoms with E-state index in [1.165, 1.54) is 11.3 Å². The third-order valence-electron chi connectivity index (χ3n) is 5.11. The molecule has 1 fully saturated rings. The second-order valence-corrected chi connectivity index (χ2v) is 8.61. The van der Waals surface area contributed by atoms with Gasteiger partial charge in [-0.3, -0.25) is 4.79 Å². The van der Waals surface area contributed by atoms with Crippen molar-refractivity contribution in [2.45, 2.75) is 18.9 Å². The van der Waals surface area contributed by atoms with Crippen LogP contribution >= 0.6 is 22.9 Å². The van der Waals surface area contributed by atoms with Crippen molar-refractivity contribution < 1.29 is 4.79 Å². The second-order valence-electron chi connectivity index (χ2n) is 7.17. The summed E-state index contributed by atoms with van der Waals surface area (Å²) in [6.45, 7) is 1.70. The molecular weight excluding hydrogens is 406 g/mol. The molecule has 2 aromatic heterocycles. The monoisotopic (exact) mass is 427 g/mol. The summed E-state index contributed by atoms with van der Waals surface area (Å²) < 4.78 is 0. The molecule has 1 aliphatic rings. The number of pyridine rings is 1. The van der Waals surface area contributed by atoms with Crippen LogP contribution in [0.15, 0.2) is 30.3 Å². The van der Waals surface area contributed by atoms with E-state index in [0.29, 0.717) is 20.4 Å². The number of nitrogens with zero attached hydrogens (tertiary/aromatic N) is 2. The van der Waals surface area contributed by atoms with Crippen LogP contribution in [-0.2, 0) is 0 Å². The first-order chi connectivity index (χ1) is 13.9. The fraction of sp³-hybridized carbons (Fsp3) is 0.238. The molecule has 0 atom stereocenters. The Bertz CT molecular complexity index is 1100. The smallest absolute Gasteiger partial charge is 0.260 e. The Hall–Kier alpha value is -2.61. The molecule has 1 saturated heterocycles. The van der Waals surface area contributed by atoms with E-state index in [9.17, 15) is 4.79 Å². The number of piperidine rings is 1. The molecule has 4 rings (SSSR count). The summed E-state index contributed by atoms with van der Waals surface area (Å²) in [7, 11) is 0. The molecule has 6 N–H and O–H groups in total. The zero-order valence-corrected chi connectivity index (χ0v) is 17.3. The fourth-order valence-corrected chi connectivity index (χ4v) is 4.71. The van der Waals surface area contributed by atoms with Crippen LogP contribution in [0.25, 0.3) is 22.4 Å². The quantitative estimate of drug-likeness (QED) is 0.587. The summed E-state index contributed by atoms with van der Waals surface area (Å²) >= 11 is 7.33. The van der Waals surface area contributed by atoms with Crippen LogP contribution in [-0.4, -0.2) is 30.0 Å². The van der Waals surface area contributed by atoms with Crippen molar-refractivity contribution in [2.24, 2.45) is 11.5 Å². The molecule has 150 valence electrons. The van der Waals surface area contributed by atoms with Gasteiger partial charge in [0.1, 0.15) is 15.5 Å². The molecule has 3 aromatic rings. The Morgan fingerprint density at radius 1 is 1.24 bits per heavy atom. The van der Waals surface area contributed by atoms with Crippen LogP contribution < -0.4 is 22.1 Å². The van der Waals surface area contributed by atoms with Crippen molar-refractivity contribution in [3.63, 3.8) is 0 Å². The minimum absolute atomic E-state index is 0.232. The van der Waals surface area contributed by atoms with Gasteiger partial charge in [-0.05, 0) is 42.2 Å². The maximum Gasteiger partial charge on any atom is 0.260 e. The molecule has 8 heteroatoms. The summed E-state index contributed by atoms with van der Waals surface area (Å²) in [5, 5.41) is 1.42. The first kappa shape index (κ1) is 19.7. The summed E-state index contributed by atoms with van der Waals surface area (Å²) in [6.07, 6.45) is 5.79. The van der Waals surface area contributed by atoms with E-state index < -0.39 is 5.91 Å². The molecule has 1 aromatic carbocycles. The molecule has 0 unspecified atom stereocenters. The van der Waals surface area contributed by atoms with Crippen molar-refractivity contribution in [1.82, 2.24) is 4.98 Å². The average Bonchev–Trinajstić information content (AvgIpc) is 3.04. The van der Waals surface area contributed by atoms with Crippen molar-refractivity contribution in [1.29, 1.82) is 0 Å². The fourth-order valence-electron chi connectivity index (χ4n) is 3.54. The number of hydrogen-bond donors (Lipinski definition) is 3. The van der Waals surface area contributed by atoms with Gasteiger partial charge in [-0.2, -0.15) is 0 Å².